The summed E-state index contributed by atoms with van der Waals surface area (Å²) in [5.74, 6) is -0.190. The quantitative estimate of drug-likeness (QED) is 0.684. The third-order valence-corrected chi connectivity index (χ3v) is 2.00. The molecule has 0 saturated heterocycles. The minimum absolute atomic E-state index is 0.0580. The first-order valence-corrected chi connectivity index (χ1v) is 5.01. The van der Waals surface area contributed by atoms with Crippen LogP contribution in [0.5, 0.6) is 0 Å². The number of nitrogens with one attached hydrogen (secondary N) is 1. The number of carbonyl (C=O) groups is 1. The molecule has 1 amide bonds. The van der Waals surface area contributed by atoms with Crippen molar-refractivity contribution < 1.29 is 9.53 Å². The van der Waals surface area contributed by atoms with E-state index in [2.05, 4.69) is 15.3 Å². The maximum Gasteiger partial charge on any atom is 0.254 e. The molecule has 0 saturated carbocycles. The van der Waals surface area contributed by atoms with E-state index in [4.69, 9.17) is 10.5 Å². The van der Waals surface area contributed by atoms with Gasteiger partial charge in [-0.15, -0.1) is 0 Å². The lowest BCUT2D eigenvalue weighted by molar-refractivity contribution is 0.0949. The summed E-state index contributed by atoms with van der Waals surface area (Å²) >= 11 is 0. The van der Waals surface area contributed by atoms with Crippen LogP contribution in [-0.2, 0) is 4.74 Å². The third-order valence-electron chi connectivity index (χ3n) is 2.00. The summed E-state index contributed by atoms with van der Waals surface area (Å²) in [7, 11) is 1.60. The average Bonchev–Trinajstić information content (AvgIpc) is 2.30. The molecule has 16 heavy (non-hydrogen) atoms. The van der Waals surface area contributed by atoms with Crippen LogP contribution in [0, 0.1) is 0 Å². The standard InChI is InChI=1S/C10H16N4O2/c1-16-6-9(11)2-3-14-10(15)8-4-12-7-13-5-8/h4-5,7,9H,2-3,6,11H2,1H3,(H,14,15). The molecule has 0 bridgehead atoms. The van der Waals surface area contributed by atoms with Gasteiger partial charge in [0.2, 0.25) is 0 Å². The highest BCUT2D eigenvalue weighted by Gasteiger charge is 2.06. The number of aromatic nitrogens is 2. The Hall–Kier alpha value is -1.53. The van der Waals surface area contributed by atoms with E-state index < -0.39 is 0 Å². The topological polar surface area (TPSA) is 90.1 Å². The number of rotatable bonds is 6. The van der Waals surface area contributed by atoms with Crippen LogP contribution in [0.1, 0.15) is 16.8 Å². The lowest BCUT2D eigenvalue weighted by atomic mass is 10.2. The van der Waals surface area contributed by atoms with Crippen molar-refractivity contribution >= 4 is 5.91 Å². The van der Waals surface area contributed by atoms with E-state index in [-0.39, 0.29) is 11.9 Å². The van der Waals surface area contributed by atoms with E-state index >= 15 is 0 Å². The van der Waals surface area contributed by atoms with Crippen molar-refractivity contribution in [1.29, 1.82) is 0 Å². The minimum Gasteiger partial charge on any atom is -0.383 e. The molecule has 0 aliphatic heterocycles. The monoisotopic (exact) mass is 224 g/mol. The molecule has 1 aromatic heterocycles. The molecule has 0 fully saturated rings. The van der Waals surface area contributed by atoms with Gasteiger partial charge < -0.3 is 15.8 Å². The minimum atomic E-state index is -0.190. The van der Waals surface area contributed by atoms with Crippen molar-refractivity contribution in [3.63, 3.8) is 0 Å². The molecule has 0 spiro atoms. The summed E-state index contributed by atoms with van der Waals surface area (Å²) in [6, 6.07) is -0.0580. The van der Waals surface area contributed by atoms with E-state index in [1.165, 1.54) is 18.7 Å². The van der Waals surface area contributed by atoms with Crippen LogP contribution in [0.3, 0.4) is 0 Å². The number of nitrogens with zero attached hydrogens (tertiary/aromatic N) is 2. The molecule has 0 radical (unpaired) electrons. The number of amides is 1. The van der Waals surface area contributed by atoms with Gasteiger partial charge in [-0.05, 0) is 6.42 Å². The molecule has 6 nitrogen and oxygen atoms in total. The smallest absolute Gasteiger partial charge is 0.254 e. The molecule has 3 N–H and O–H groups in total. The number of nitrogens with two attached hydrogens (primary N) is 1. The number of ether oxygens (including phenoxy) is 1. The largest absolute Gasteiger partial charge is 0.383 e. The molecule has 1 heterocycles. The van der Waals surface area contributed by atoms with Gasteiger partial charge in [-0.1, -0.05) is 0 Å². The van der Waals surface area contributed by atoms with Crippen molar-refractivity contribution in [2.45, 2.75) is 12.5 Å². The second-order valence-corrected chi connectivity index (χ2v) is 3.39. The number of hydrogen-bond donors (Lipinski definition) is 2. The lowest BCUT2D eigenvalue weighted by Gasteiger charge is -2.10. The molecule has 0 aliphatic carbocycles. The molecule has 88 valence electrons. The van der Waals surface area contributed by atoms with E-state index in [0.29, 0.717) is 25.1 Å². The van der Waals surface area contributed by atoms with Gasteiger partial charge in [-0.25, -0.2) is 9.97 Å². The summed E-state index contributed by atoms with van der Waals surface area (Å²) in [6.07, 6.45) is 4.99. The van der Waals surface area contributed by atoms with E-state index in [9.17, 15) is 4.79 Å². The maximum atomic E-state index is 11.5. The molecule has 1 aromatic rings. The van der Waals surface area contributed by atoms with Gasteiger partial charge in [0.25, 0.3) is 5.91 Å². The van der Waals surface area contributed by atoms with Crippen LogP contribution in [0.2, 0.25) is 0 Å². The lowest BCUT2D eigenvalue weighted by Crippen LogP contribution is -2.32. The molecule has 1 rings (SSSR count). The SMILES string of the molecule is COCC(N)CCNC(=O)c1cncnc1. The Morgan fingerprint density at radius 3 is 2.88 bits per heavy atom. The number of hydrogen-bond acceptors (Lipinski definition) is 5. The first kappa shape index (κ1) is 12.5. The number of methoxy groups -OCH3 is 1. The fourth-order valence-electron chi connectivity index (χ4n) is 1.19. The summed E-state index contributed by atoms with van der Waals surface area (Å²) in [5, 5.41) is 2.73. The van der Waals surface area contributed by atoms with Crippen LogP contribution in [0.25, 0.3) is 0 Å². The fourth-order valence-corrected chi connectivity index (χ4v) is 1.19. The summed E-state index contributed by atoms with van der Waals surface area (Å²) in [6.45, 7) is 1.00. The highest BCUT2D eigenvalue weighted by molar-refractivity contribution is 5.93. The molecule has 0 aliphatic rings. The van der Waals surface area contributed by atoms with Crippen molar-refractivity contribution in [1.82, 2.24) is 15.3 Å². The van der Waals surface area contributed by atoms with Crippen molar-refractivity contribution in [2.24, 2.45) is 5.73 Å². The zero-order valence-corrected chi connectivity index (χ0v) is 9.22. The number of carbonyl (C=O) groups excluding carboxylic acids is 1. The Bertz CT molecular complexity index is 318. The average molecular weight is 224 g/mol. The molecular weight excluding hydrogens is 208 g/mol. The second-order valence-electron chi connectivity index (χ2n) is 3.39. The predicted octanol–water partition coefficient (Wildman–Crippen LogP) is -0.430. The summed E-state index contributed by atoms with van der Waals surface area (Å²) in [4.78, 5) is 19.0. The van der Waals surface area contributed by atoms with Crippen LogP contribution in [0.4, 0.5) is 0 Å². The molecular formula is C10H16N4O2. The van der Waals surface area contributed by atoms with Crippen LogP contribution in [0.15, 0.2) is 18.7 Å². The zero-order valence-electron chi connectivity index (χ0n) is 9.22. The first-order chi connectivity index (χ1) is 7.74. The maximum absolute atomic E-state index is 11.5. The van der Waals surface area contributed by atoms with Crippen LogP contribution >= 0.6 is 0 Å². The van der Waals surface area contributed by atoms with Gasteiger partial charge in [0.15, 0.2) is 0 Å². The van der Waals surface area contributed by atoms with Crippen LogP contribution < -0.4 is 11.1 Å². The summed E-state index contributed by atoms with van der Waals surface area (Å²) < 4.78 is 4.89. The molecule has 0 aromatic carbocycles. The molecule has 1 unspecified atom stereocenters. The van der Waals surface area contributed by atoms with Crippen molar-refractivity contribution in [2.75, 3.05) is 20.3 Å². The third kappa shape index (κ3) is 4.33. The molecule has 6 heteroatoms. The Labute approximate surface area is 94.2 Å². The fraction of sp³-hybridized carbons (Fsp3) is 0.500. The second kappa shape index (κ2) is 6.86. The normalized spacial score (nSPS) is 12.1. The highest BCUT2D eigenvalue weighted by atomic mass is 16.5. The van der Waals surface area contributed by atoms with Gasteiger partial charge in [-0.3, -0.25) is 4.79 Å². The molecule has 1 atom stereocenters. The van der Waals surface area contributed by atoms with Crippen LogP contribution in [-0.4, -0.2) is 42.2 Å². The Morgan fingerprint density at radius 2 is 2.25 bits per heavy atom. The Morgan fingerprint density at radius 1 is 1.56 bits per heavy atom. The van der Waals surface area contributed by atoms with Crippen molar-refractivity contribution in [3.05, 3.63) is 24.3 Å². The van der Waals surface area contributed by atoms with Gasteiger partial charge in [0, 0.05) is 32.1 Å². The van der Waals surface area contributed by atoms with Gasteiger partial charge >= 0.3 is 0 Å². The van der Waals surface area contributed by atoms with Gasteiger partial charge in [0.05, 0.1) is 12.2 Å². The zero-order chi connectivity index (χ0) is 11.8. The van der Waals surface area contributed by atoms with Gasteiger partial charge in [-0.2, -0.15) is 0 Å². The highest BCUT2D eigenvalue weighted by Crippen LogP contribution is 1.93. The first-order valence-electron chi connectivity index (χ1n) is 5.01. The van der Waals surface area contributed by atoms with Gasteiger partial charge in [0.1, 0.15) is 6.33 Å². The van der Waals surface area contributed by atoms with E-state index in [0.717, 1.165) is 0 Å². The van der Waals surface area contributed by atoms with Crippen molar-refractivity contribution in [3.8, 4) is 0 Å². The summed E-state index contributed by atoms with van der Waals surface area (Å²) in [5.41, 5.74) is 6.16. The van der Waals surface area contributed by atoms with E-state index in [1.54, 1.807) is 7.11 Å². The Balaban J connectivity index is 2.26. The predicted molar refractivity (Wildman–Crippen MR) is 58.8 cm³/mol. The van der Waals surface area contributed by atoms with E-state index in [1.807, 2.05) is 0 Å². The Kier molecular flexibility index (Phi) is 5.38.